The lowest BCUT2D eigenvalue weighted by molar-refractivity contribution is 0.0633. The molecule has 1 N–H and O–H groups in total. The van der Waals surface area contributed by atoms with Gasteiger partial charge in [-0.05, 0) is 62.1 Å². The quantitative estimate of drug-likeness (QED) is 0.743. The number of benzene rings is 2. The Bertz CT molecular complexity index is 948. The number of carbonyl (C=O) groups excluding carboxylic acids is 2. The van der Waals surface area contributed by atoms with Gasteiger partial charge in [0.1, 0.15) is 11.6 Å². The molecule has 0 unspecified atom stereocenters. The summed E-state index contributed by atoms with van der Waals surface area (Å²) < 4.78 is 19.2. The van der Waals surface area contributed by atoms with Gasteiger partial charge in [-0.3, -0.25) is 9.59 Å². The molecule has 0 bridgehead atoms. The Morgan fingerprint density at radius 1 is 1.17 bits per heavy atom. The Labute approximate surface area is 180 Å². The second-order valence-corrected chi connectivity index (χ2v) is 8.38. The van der Waals surface area contributed by atoms with Crippen molar-refractivity contribution in [3.05, 3.63) is 64.4 Å². The first-order valence-electron chi connectivity index (χ1n) is 10.3. The summed E-state index contributed by atoms with van der Waals surface area (Å²) in [6, 6.07) is 11.3. The van der Waals surface area contributed by atoms with Crippen LogP contribution in [0.3, 0.4) is 0 Å². The van der Waals surface area contributed by atoms with E-state index in [9.17, 15) is 14.0 Å². The zero-order valence-corrected chi connectivity index (χ0v) is 17.3. The number of amides is 2. The summed E-state index contributed by atoms with van der Waals surface area (Å²) in [6.07, 6.45) is 3.90. The van der Waals surface area contributed by atoms with E-state index in [1.54, 1.807) is 17.0 Å². The van der Waals surface area contributed by atoms with E-state index in [1.165, 1.54) is 12.1 Å². The molecule has 1 saturated carbocycles. The molecule has 0 aromatic heterocycles. The lowest BCUT2D eigenvalue weighted by atomic mass is 9.98. The molecule has 2 amide bonds. The number of hydrogen-bond donors (Lipinski definition) is 1. The Kier molecular flexibility index (Phi) is 6.23. The summed E-state index contributed by atoms with van der Waals surface area (Å²) in [7, 11) is 0. The van der Waals surface area contributed by atoms with Crippen molar-refractivity contribution in [2.24, 2.45) is 5.92 Å². The second kappa shape index (κ2) is 9.04. The molecule has 2 fully saturated rings. The summed E-state index contributed by atoms with van der Waals surface area (Å²) in [5.74, 6) is 0.0841. The van der Waals surface area contributed by atoms with E-state index in [4.69, 9.17) is 16.3 Å². The van der Waals surface area contributed by atoms with Crippen LogP contribution in [0.15, 0.2) is 42.5 Å². The number of likely N-dealkylation sites (tertiary alicyclic amines) is 1. The molecule has 1 saturated heterocycles. The summed E-state index contributed by atoms with van der Waals surface area (Å²) in [5, 5.41) is 3.10. The van der Waals surface area contributed by atoms with Crippen LogP contribution in [0.4, 0.5) is 4.39 Å². The number of hydrogen-bond acceptors (Lipinski definition) is 3. The zero-order chi connectivity index (χ0) is 21.1. The van der Waals surface area contributed by atoms with E-state index in [2.05, 4.69) is 5.32 Å². The summed E-state index contributed by atoms with van der Waals surface area (Å²) in [5.41, 5.74) is 0.903. The molecule has 4 rings (SSSR count). The lowest BCUT2D eigenvalue weighted by Crippen LogP contribution is -2.41. The van der Waals surface area contributed by atoms with Gasteiger partial charge in [-0.1, -0.05) is 17.7 Å². The molecule has 2 aromatic carbocycles. The van der Waals surface area contributed by atoms with Crippen LogP contribution in [0.2, 0.25) is 5.02 Å². The number of ether oxygens (including phenoxy) is 1. The maximum absolute atomic E-state index is 13.3. The molecule has 1 aliphatic heterocycles. The van der Waals surface area contributed by atoms with E-state index >= 15 is 0 Å². The first-order chi connectivity index (χ1) is 14.5. The first-order valence-corrected chi connectivity index (χ1v) is 10.7. The number of nitrogens with one attached hydrogen (secondary N) is 1. The van der Waals surface area contributed by atoms with Crippen molar-refractivity contribution in [3.8, 4) is 5.75 Å². The molecule has 1 aliphatic carbocycles. The van der Waals surface area contributed by atoms with E-state index in [0.29, 0.717) is 42.6 Å². The van der Waals surface area contributed by atoms with Crippen molar-refractivity contribution < 1.29 is 18.7 Å². The van der Waals surface area contributed by atoms with Gasteiger partial charge in [-0.25, -0.2) is 4.39 Å². The highest BCUT2D eigenvalue weighted by atomic mass is 35.5. The van der Waals surface area contributed by atoms with Gasteiger partial charge in [-0.15, -0.1) is 0 Å². The largest absolute Gasteiger partial charge is 0.493 e. The van der Waals surface area contributed by atoms with Crippen LogP contribution in [0.5, 0.6) is 5.75 Å². The third-order valence-electron chi connectivity index (χ3n) is 5.46. The van der Waals surface area contributed by atoms with Crippen molar-refractivity contribution in [2.45, 2.75) is 31.7 Å². The second-order valence-electron chi connectivity index (χ2n) is 7.97. The van der Waals surface area contributed by atoms with Crippen molar-refractivity contribution in [1.29, 1.82) is 0 Å². The minimum absolute atomic E-state index is 0.0754. The van der Waals surface area contributed by atoms with Gasteiger partial charge in [-0.2, -0.15) is 0 Å². The topological polar surface area (TPSA) is 58.6 Å². The first kappa shape index (κ1) is 20.7. The SMILES string of the molecule is O=C(NC1CC1)c1cccc(OC[C@H]2CCCN(C(=O)c3ccc(F)cc3Cl)C2)c1. The fourth-order valence-corrected chi connectivity index (χ4v) is 3.90. The predicted octanol–water partition coefficient (Wildman–Crippen LogP) is 4.30. The highest BCUT2D eigenvalue weighted by Crippen LogP contribution is 2.25. The average Bonchev–Trinajstić information content (AvgIpc) is 3.56. The van der Waals surface area contributed by atoms with Gasteiger partial charge >= 0.3 is 0 Å². The zero-order valence-electron chi connectivity index (χ0n) is 16.6. The molecule has 0 radical (unpaired) electrons. The van der Waals surface area contributed by atoms with E-state index in [1.807, 2.05) is 12.1 Å². The number of carbonyl (C=O) groups is 2. The molecule has 5 nitrogen and oxygen atoms in total. The van der Waals surface area contributed by atoms with E-state index < -0.39 is 5.82 Å². The third-order valence-corrected chi connectivity index (χ3v) is 5.77. The highest BCUT2D eigenvalue weighted by Gasteiger charge is 2.27. The molecular weight excluding hydrogens is 407 g/mol. The predicted molar refractivity (Wildman–Crippen MR) is 112 cm³/mol. The Morgan fingerprint density at radius 2 is 2.00 bits per heavy atom. The van der Waals surface area contributed by atoms with Crippen LogP contribution in [-0.2, 0) is 0 Å². The third kappa shape index (κ3) is 5.11. The molecule has 30 heavy (non-hydrogen) atoms. The van der Waals surface area contributed by atoms with Crippen molar-refractivity contribution >= 4 is 23.4 Å². The molecule has 1 heterocycles. The molecule has 1 atom stereocenters. The normalized spacial score (nSPS) is 18.7. The van der Waals surface area contributed by atoms with E-state index in [-0.39, 0.29) is 22.8 Å². The van der Waals surface area contributed by atoms with Crippen LogP contribution in [0.1, 0.15) is 46.4 Å². The standard InChI is InChI=1S/C23H24ClFN2O3/c24-21-12-17(25)6-9-20(21)23(29)27-10-2-3-15(13-27)14-30-19-5-1-4-16(11-19)22(28)26-18-7-8-18/h1,4-6,9,11-12,15,18H,2-3,7-8,10,13-14H2,(H,26,28)/t15-/m0/s1. The molecule has 158 valence electrons. The number of piperidine rings is 1. The number of rotatable bonds is 6. The molecule has 2 aromatic rings. The number of halogens is 2. The molecule has 7 heteroatoms. The Morgan fingerprint density at radius 3 is 2.77 bits per heavy atom. The Hall–Kier alpha value is -2.60. The van der Waals surface area contributed by atoms with Gasteiger partial charge < -0.3 is 15.0 Å². The smallest absolute Gasteiger partial charge is 0.255 e. The number of nitrogens with zero attached hydrogens (tertiary/aromatic N) is 1. The van der Waals surface area contributed by atoms with Gasteiger partial charge in [0.05, 0.1) is 17.2 Å². The van der Waals surface area contributed by atoms with Crippen LogP contribution < -0.4 is 10.1 Å². The summed E-state index contributed by atoms with van der Waals surface area (Å²) in [6.45, 7) is 1.64. The minimum atomic E-state index is -0.463. The van der Waals surface area contributed by atoms with Crippen LogP contribution >= 0.6 is 11.6 Å². The van der Waals surface area contributed by atoms with Crippen molar-refractivity contribution in [3.63, 3.8) is 0 Å². The molecular formula is C23H24ClFN2O3. The van der Waals surface area contributed by atoms with Crippen LogP contribution in [0, 0.1) is 11.7 Å². The maximum atomic E-state index is 13.3. The monoisotopic (exact) mass is 430 g/mol. The lowest BCUT2D eigenvalue weighted by Gasteiger charge is -2.33. The molecule has 2 aliphatic rings. The van der Waals surface area contributed by atoms with Crippen LogP contribution in [-0.4, -0.2) is 42.5 Å². The maximum Gasteiger partial charge on any atom is 0.255 e. The van der Waals surface area contributed by atoms with Gasteiger partial charge in [0.15, 0.2) is 0 Å². The summed E-state index contributed by atoms with van der Waals surface area (Å²) in [4.78, 5) is 26.8. The average molecular weight is 431 g/mol. The summed E-state index contributed by atoms with van der Waals surface area (Å²) >= 11 is 6.05. The fourth-order valence-electron chi connectivity index (χ4n) is 3.66. The minimum Gasteiger partial charge on any atom is -0.493 e. The van der Waals surface area contributed by atoms with Gasteiger partial charge in [0.25, 0.3) is 11.8 Å². The van der Waals surface area contributed by atoms with Gasteiger partial charge in [0.2, 0.25) is 0 Å². The highest BCUT2D eigenvalue weighted by molar-refractivity contribution is 6.33. The Balaban J connectivity index is 1.34. The van der Waals surface area contributed by atoms with Crippen LogP contribution in [0.25, 0.3) is 0 Å². The van der Waals surface area contributed by atoms with E-state index in [0.717, 1.165) is 31.7 Å². The van der Waals surface area contributed by atoms with Crippen molar-refractivity contribution in [1.82, 2.24) is 10.2 Å². The van der Waals surface area contributed by atoms with Crippen molar-refractivity contribution in [2.75, 3.05) is 19.7 Å². The fraction of sp³-hybridized carbons (Fsp3) is 0.391. The molecule has 0 spiro atoms. The van der Waals surface area contributed by atoms with Gasteiger partial charge in [0, 0.05) is 30.6 Å².